The number of rotatable bonds is 0. The van der Waals surface area contributed by atoms with Crippen LogP contribution >= 0.6 is 0 Å². The summed E-state index contributed by atoms with van der Waals surface area (Å²) in [7, 11) is -4.61. The first kappa shape index (κ1) is 22.6. The van der Waals surface area contributed by atoms with Gasteiger partial charge in [0.25, 0.3) is 0 Å². The van der Waals surface area contributed by atoms with Crippen LogP contribution in [0.5, 0.6) is 0 Å². The number of hydrogen-bond acceptors (Lipinski definition) is 4. The molecule has 4 nitrogen and oxygen atoms in total. The first-order valence-electron chi connectivity index (χ1n) is 0.894. The fourth-order valence-electron chi connectivity index (χ4n) is 0. The van der Waals surface area contributed by atoms with Crippen molar-refractivity contribution in [2.45, 2.75) is 0 Å². The maximum absolute atomic E-state index is 7.33. The van der Waals surface area contributed by atoms with Crippen LogP contribution in [0.1, 0.15) is 2.85 Å². The van der Waals surface area contributed by atoms with Crippen molar-refractivity contribution in [3.8, 4) is 0 Å². The monoisotopic (exact) mass is 370 g/mol. The van der Waals surface area contributed by atoms with Crippen LogP contribution < -0.4 is 80.9 Å². The molecule has 0 spiro atoms. The van der Waals surface area contributed by atoms with Gasteiger partial charge in [-0.15, -0.1) is 0 Å². The molecule has 0 heterocycles. The Morgan fingerprint density at radius 2 is 1.00 bits per heavy atom. The quantitative estimate of drug-likeness (QED) is 0.320. The van der Waals surface area contributed by atoms with Gasteiger partial charge in [-0.05, 0) is 0 Å². The summed E-state index contributed by atoms with van der Waals surface area (Å²) in [6, 6.07) is 0. The molecule has 0 fully saturated rings. The van der Waals surface area contributed by atoms with E-state index in [0.29, 0.717) is 0 Å². The van der Waals surface area contributed by atoms with E-state index in [1.807, 2.05) is 0 Å². The molecule has 0 atom stereocenters. The first-order chi connectivity index (χ1) is 2.00. The molecule has 42 valence electrons. The minimum atomic E-state index is -4.61. The molecule has 0 aromatic carbocycles. The molecule has 0 saturated heterocycles. The minimum absolute atomic E-state index is 0. The first-order valence-corrected chi connectivity index (χ1v) is 2.68. The van der Waals surface area contributed by atoms with Crippen LogP contribution in [0.15, 0.2) is 0 Å². The van der Waals surface area contributed by atoms with E-state index in [1.165, 1.54) is 0 Å². The van der Waals surface area contributed by atoms with Gasteiger partial charge in [0.1, 0.15) is 0 Å². The van der Waals surface area contributed by atoms with Crippen molar-refractivity contribution in [2.75, 3.05) is 0 Å². The van der Waals surface area contributed by atoms with Crippen molar-refractivity contribution in [2.24, 2.45) is 0 Å². The third kappa shape index (κ3) is 54.6. The zero-order valence-electron chi connectivity index (χ0n) is 7.00. The molecule has 0 aliphatic carbocycles. The molecule has 0 aliphatic rings. The van der Waals surface area contributed by atoms with Crippen LogP contribution in [-0.2, 0) is 0 Å². The molecule has 8 heteroatoms. The Hall–Kier alpha value is 3.62. The third-order valence-electron chi connectivity index (χ3n) is 0. The molecule has 0 amide bonds. The predicted octanol–water partition coefficient (Wildman–Crippen LogP) is -9.29. The molecule has 0 aliphatic heterocycles. The molecule has 0 unspecified atom stereocenters. The molecule has 0 aromatic rings. The van der Waals surface area contributed by atoms with Crippen molar-refractivity contribution in [3.63, 3.8) is 0 Å². The second-order valence-corrected chi connectivity index (χ2v) is 1.80. The van der Waals surface area contributed by atoms with Gasteiger partial charge in [0.15, 0.2) is 0 Å². The van der Waals surface area contributed by atoms with E-state index in [2.05, 4.69) is 0 Å². The molecular formula is H8KNaO4PbSi. The number of hydrogen-bond donors (Lipinski definition) is 4. The maximum atomic E-state index is 7.33. The molecule has 2 radical (unpaired) electrons. The van der Waals surface area contributed by atoms with Crippen LogP contribution in [0, 0.1) is 0 Å². The van der Waals surface area contributed by atoms with Crippen molar-refractivity contribution < 1.29 is 103 Å². The predicted molar refractivity (Wildman–Crippen MR) is 25.4 cm³/mol. The van der Waals surface area contributed by atoms with Crippen molar-refractivity contribution in [1.29, 1.82) is 0 Å². The molecule has 0 aromatic heterocycles. The fraction of sp³-hybridized carbons (Fsp3) is 0. The van der Waals surface area contributed by atoms with Gasteiger partial charge in [0.2, 0.25) is 0 Å². The normalized spacial score (nSPS) is 7.50. The average molecular weight is 369 g/mol. The van der Waals surface area contributed by atoms with Gasteiger partial charge in [0.05, 0.1) is 0 Å². The summed E-state index contributed by atoms with van der Waals surface area (Å²) >= 11 is 0. The van der Waals surface area contributed by atoms with Crippen LogP contribution in [-0.4, -0.2) is 55.5 Å². The van der Waals surface area contributed by atoms with Crippen LogP contribution in [0.25, 0.3) is 0 Å². The van der Waals surface area contributed by atoms with Crippen molar-refractivity contribution in [3.05, 3.63) is 0 Å². The van der Waals surface area contributed by atoms with Crippen molar-refractivity contribution in [1.82, 2.24) is 0 Å². The average Bonchev–Trinajstić information content (AvgIpc) is 0.722. The fourth-order valence-corrected chi connectivity index (χ4v) is 0. The second-order valence-electron chi connectivity index (χ2n) is 0.600. The zero-order chi connectivity index (χ0) is 4.50. The summed E-state index contributed by atoms with van der Waals surface area (Å²) in [6.45, 7) is 0. The van der Waals surface area contributed by atoms with Gasteiger partial charge in [-0.2, -0.15) is 0 Å². The van der Waals surface area contributed by atoms with Gasteiger partial charge >= 0.3 is 117 Å². The van der Waals surface area contributed by atoms with Crippen LogP contribution in [0.4, 0.5) is 0 Å². The third-order valence-corrected chi connectivity index (χ3v) is 0. The SMILES string of the molecule is O[Si](O)(O)O.[H-].[H-].[K+].[Na+].[PbH2]. The Balaban J connectivity index is -0.00000000800. The summed E-state index contributed by atoms with van der Waals surface area (Å²) < 4.78 is 0. The van der Waals surface area contributed by atoms with E-state index in [4.69, 9.17) is 19.2 Å². The van der Waals surface area contributed by atoms with E-state index in [0.717, 1.165) is 0 Å². The molecule has 4 N–H and O–H groups in total. The van der Waals surface area contributed by atoms with Gasteiger partial charge in [-0.25, -0.2) is 0 Å². The Labute approximate surface area is 136 Å². The van der Waals surface area contributed by atoms with Gasteiger partial charge in [0, 0.05) is 0 Å². The summed E-state index contributed by atoms with van der Waals surface area (Å²) in [6.07, 6.45) is 0. The van der Waals surface area contributed by atoms with E-state index in [1.54, 1.807) is 0 Å². The summed E-state index contributed by atoms with van der Waals surface area (Å²) in [4.78, 5) is 29.3. The van der Waals surface area contributed by atoms with Crippen LogP contribution in [0.2, 0.25) is 0 Å². The molecule has 0 rings (SSSR count). The van der Waals surface area contributed by atoms with Crippen molar-refractivity contribution >= 4 is 36.3 Å². The Bertz CT molecular complexity index is 38.7. The van der Waals surface area contributed by atoms with E-state index in [9.17, 15) is 0 Å². The summed E-state index contributed by atoms with van der Waals surface area (Å²) in [5.41, 5.74) is 0. The second kappa shape index (κ2) is 10.6. The van der Waals surface area contributed by atoms with E-state index < -0.39 is 9.05 Å². The van der Waals surface area contributed by atoms with Gasteiger partial charge in [-0.1, -0.05) is 0 Å². The summed E-state index contributed by atoms with van der Waals surface area (Å²) in [5.74, 6) is 0. The molecular weight excluding hydrogens is 361 g/mol. The van der Waals surface area contributed by atoms with Crippen LogP contribution in [0.3, 0.4) is 0 Å². The van der Waals surface area contributed by atoms with Gasteiger partial charge < -0.3 is 22.0 Å². The Morgan fingerprint density at radius 1 is 1.00 bits per heavy atom. The zero-order valence-corrected chi connectivity index (χ0v) is 16.6. The molecule has 0 saturated carbocycles. The van der Waals surface area contributed by atoms with E-state index >= 15 is 0 Å². The standard InChI is InChI=1S/K.Na.H4O4Si.Pb.4H/c;;1-5(2,3)4;;;;;/h;;1-4H;;;;;/q2*+1;;;;;2*-1. The van der Waals surface area contributed by atoms with E-state index in [-0.39, 0.29) is 111 Å². The Morgan fingerprint density at radius 3 is 1.00 bits per heavy atom. The molecule has 8 heavy (non-hydrogen) atoms. The summed E-state index contributed by atoms with van der Waals surface area (Å²) in [5, 5.41) is 0. The topological polar surface area (TPSA) is 80.9 Å². The Kier molecular flexibility index (Phi) is 29.9. The molecule has 0 bridgehead atoms. The van der Waals surface area contributed by atoms with Gasteiger partial charge in [-0.3, -0.25) is 0 Å².